The Balaban J connectivity index is 3.14. The molecule has 0 fully saturated rings. The fourth-order valence-corrected chi connectivity index (χ4v) is 1.05. The Labute approximate surface area is 59.5 Å². The van der Waals surface area contributed by atoms with Crippen LogP contribution >= 0.6 is 0 Å². The number of hydrogen-bond acceptors (Lipinski definition) is 5. The molecule has 0 aromatic carbocycles. The Morgan fingerprint density at radius 2 is 2.00 bits per heavy atom. The van der Waals surface area contributed by atoms with Crippen molar-refractivity contribution in [3.8, 4) is 6.26 Å². The summed E-state index contributed by atoms with van der Waals surface area (Å²) >= 11 is 0. The van der Waals surface area contributed by atoms with Crippen molar-refractivity contribution in [1.29, 1.82) is 5.26 Å². The van der Waals surface area contributed by atoms with Crippen molar-refractivity contribution in [2.45, 2.75) is 12.5 Å². The summed E-state index contributed by atoms with van der Waals surface area (Å²) in [5, 5.41) is 7.85. The molecule has 0 aliphatic heterocycles. The second-order valence-electron chi connectivity index (χ2n) is 1.82. The summed E-state index contributed by atoms with van der Waals surface area (Å²) in [4.78, 5) is 25.3. The van der Waals surface area contributed by atoms with Crippen LogP contribution in [0.5, 0.6) is 0 Å². The van der Waals surface area contributed by atoms with E-state index >= 15 is 0 Å². The van der Waals surface area contributed by atoms with Crippen molar-refractivity contribution in [1.82, 2.24) is 0 Å². The molecule has 0 radical (unpaired) electrons. The van der Waals surface area contributed by atoms with Crippen molar-refractivity contribution in [2.75, 3.05) is 6.61 Å². The van der Waals surface area contributed by atoms with Gasteiger partial charge >= 0.3 is 8.80 Å². The third kappa shape index (κ3) is 7.39. The number of rotatable bonds is 4. The lowest BCUT2D eigenvalue weighted by molar-refractivity contribution is 0.213. The smallest absolute Gasteiger partial charge is 0.428 e. The normalized spacial score (nSPS) is 10.6. The van der Waals surface area contributed by atoms with E-state index in [9.17, 15) is 0 Å². The van der Waals surface area contributed by atoms with Crippen LogP contribution in [0.1, 0.15) is 6.42 Å². The molecule has 0 atom stereocenters. The van der Waals surface area contributed by atoms with Crippen LogP contribution in [0.25, 0.3) is 0 Å². The van der Waals surface area contributed by atoms with Crippen molar-refractivity contribution < 1.29 is 19.1 Å². The molecule has 0 spiro atoms. The minimum absolute atomic E-state index is 0.0886. The van der Waals surface area contributed by atoms with Crippen LogP contribution in [0.15, 0.2) is 0 Å². The van der Waals surface area contributed by atoms with Crippen molar-refractivity contribution in [2.24, 2.45) is 0 Å². The molecule has 0 aromatic rings. The topological polar surface area (TPSA) is 93.7 Å². The average molecular weight is 163 g/mol. The van der Waals surface area contributed by atoms with Gasteiger partial charge in [0.15, 0.2) is 0 Å². The van der Waals surface area contributed by atoms with E-state index in [0.717, 1.165) is 0 Å². The highest BCUT2D eigenvalue weighted by atomic mass is 28.4. The van der Waals surface area contributed by atoms with Crippen molar-refractivity contribution in [3.63, 3.8) is 0 Å². The molecule has 3 N–H and O–H groups in total. The molecular weight excluding hydrogens is 154 g/mol. The second-order valence-corrected chi connectivity index (χ2v) is 3.87. The van der Waals surface area contributed by atoms with Crippen LogP contribution < -0.4 is 0 Å². The predicted octanol–water partition coefficient (Wildman–Crippen LogP) is -1.21. The molecule has 0 rings (SSSR count). The zero-order valence-corrected chi connectivity index (χ0v) is 6.32. The standard InChI is InChI=1S/C4H9NO4Si/c5-4-9-2-1-3-10(6,7)8/h6-8H,1-3H2. The van der Waals surface area contributed by atoms with Crippen LogP contribution in [0.2, 0.25) is 6.04 Å². The van der Waals surface area contributed by atoms with E-state index < -0.39 is 8.80 Å². The van der Waals surface area contributed by atoms with Gasteiger partial charge in [0, 0.05) is 6.04 Å². The quantitative estimate of drug-likeness (QED) is 0.275. The van der Waals surface area contributed by atoms with Gasteiger partial charge in [0.25, 0.3) is 6.26 Å². The molecule has 0 bridgehead atoms. The SMILES string of the molecule is N#COCCC[Si](O)(O)O. The zero-order chi connectivity index (χ0) is 8.04. The summed E-state index contributed by atoms with van der Waals surface area (Å²) in [7, 11) is -3.90. The molecule has 0 saturated heterocycles. The van der Waals surface area contributed by atoms with Crippen LogP contribution in [0.4, 0.5) is 0 Å². The lowest BCUT2D eigenvalue weighted by Gasteiger charge is -2.06. The molecule has 0 aliphatic carbocycles. The highest BCUT2D eigenvalue weighted by Crippen LogP contribution is 2.00. The number of hydrogen-bond donors (Lipinski definition) is 3. The molecule has 0 amide bonds. The predicted molar refractivity (Wildman–Crippen MR) is 33.4 cm³/mol. The molecule has 0 aliphatic rings. The molecule has 0 aromatic heterocycles. The maximum Gasteiger partial charge on any atom is 0.492 e. The Morgan fingerprint density at radius 1 is 1.40 bits per heavy atom. The molecule has 0 unspecified atom stereocenters. The molecule has 6 heteroatoms. The van der Waals surface area contributed by atoms with E-state index in [4.69, 9.17) is 19.6 Å². The lowest BCUT2D eigenvalue weighted by atomic mass is 10.5. The van der Waals surface area contributed by atoms with Crippen LogP contribution in [0.3, 0.4) is 0 Å². The summed E-state index contributed by atoms with van der Waals surface area (Å²) in [6.07, 6.45) is 1.71. The van der Waals surface area contributed by atoms with E-state index in [-0.39, 0.29) is 19.1 Å². The van der Waals surface area contributed by atoms with Gasteiger partial charge in [-0.1, -0.05) is 0 Å². The first-order chi connectivity index (χ1) is 4.56. The third-order valence-electron chi connectivity index (χ3n) is 0.823. The van der Waals surface area contributed by atoms with Crippen LogP contribution in [0, 0.1) is 11.5 Å². The molecule has 0 saturated carbocycles. The molecule has 10 heavy (non-hydrogen) atoms. The maximum atomic E-state index is 8.43. The zero-order valence-electron chi connectivity index (χ0n) is 5.32. The van der Waals surface area contributed by atoms with Crippen molar-refractivity contribution >= 4 is 8.80 Å². The van der Waals surface area contributed by atoms with E-state index in [1.54, 1.807) is 0 Å². The first kappa shape index (κ1) is 9.39. The van der Waals surface area contributed by atoms with Gasteiger partial charge in [-0.3, -0.25) is 0 Å². The Kier molecular flexibility index (Phi) is 3.98. The lowest BCUT2D eigenvalue weighted by Crippen LogP contribution is -2.34. The van der Waals surface area contributed by atoms with Crippen molar-refractivity contribution in [3.05, 3.63) is 0 Å². The first-order valence-corrected chi connectivity index (χ1v) is 4.79. The highest BCUT2D eigenvalue weighted by Gasteiger charge is 2.25. The van der Waals surface area contributed by atoms with Gasteiger partial charge in [0.1, 0.15) is 6.61 Å². The van der Waals surface area contributed by atoms with Gasteiger partial charge in [-0.25, -0.2) is 0 Å². The van der Waals surface area contributed by atoms with Crippen LogP contribution in [-0.2, 0) is 4.74 Å². The number of nitrogens with zero attached hydrogens (tertiary/aromatic N) is 1. The molecule has 5 nitrogen and oxygen atoms in total. The Morgan fingerprint density at radius 3 is 2.40 bits per heavy atom. The Bertz CT molecular complexity index is 126. The largest absolute Gasteiger partial charge is 0.492 e. The highest BCUT2D eigenvalue weighted by molar-refractivity contribution is 6.56. The Hall–Kier alpha value is -0.613. The fourth-order valence-electron chi connectivity index (χ4n) is 0.427. The fraction of sp³-hybridized carbons (Fsp3) is 0.750. The van der Waals surface area contributed by atoms with Gasteiger partial charge < -0.3 is 19.1 Å². The van der Waals surface area contributed by atoms with E-state index in [2.05, 4.69) is 4.74 Å². The molecular formula is C4H9NO4Si. The maximum absolute atomic E-state index is 8.43. The number of nitriles is 1. The van der Waals surface area contributed by atoms with Gasteiger partial charge in [-0.2, -0.15) is 5.26 Å². The minimum atomic E-state index is -3.90. The summed E-state index contributed by atoms with van der Waals surface area (Å²) in [5.74, 6) is 0. The monoisotopic (exact) mass is 163 g/mol. The summed E-state index contributed by atoms with van der Waals surface area (Å²) in [6, 6.07) is -0.0886. The minimum Gasteiger partial charge on any atom is -0.428 e. The van der Waals surface area contributed by atoms with Gasteiger partial charge in [0.05, 0.1) is 0 Å². The van der Waals surface area contributed by atoms with Gasteiger partial charge in [-0.15, -0.1) is 0 Å². The van der Waals surface area contributed by atoms with Crippen LogP contribution in [-0.4, -0.2) is 29.8 Å². The summed E-state index contributed by atoms with van der Waals surface area (Å²) < 4.78 is 4.22. The number of ether oxygens (including phenoxy) is 1. The van der Waals surface area contributed by atoms with Gasteiger partial charge in [0.2, 0.25) is 0 Å². The summed E-state index contributed by atoms with van der Waals surface area (Å²) in [5.41, 5.74) is 0. The first-order valence-electron chi connectivity index (χ1n) is 2.74. The van der Waals surface area contributed by atoms with E-state index in [1.165, 1.54) is 6.26 Å². The molecule has 0 heterocycles. The van der Waals surface area contributed by atoms with Gasteiger partial charge in [-0.05, 0) is 6.42 Å². The second kappa shape index (κ2) is 4.24. The summed E-state index contributed by atoms with van der Waals surface area (Å²) in [6.45, 7) is 0.118. The van der Waals surface area contributed by atoms with E-state index in [0.29, 0.717) is 0 Å². The third-order valence-corrected chi connectivity index (χ3v) is 1.85. The molecule has 58 valence electrons. The van der Waals surface area contributed by atoms with E-state index in [1.807, 2.05) is 0 Å². The average Bonchev–Trinajstić information content (AvgIpc) is 1.78.